The van der Waals surface area contributed by atoms with Crippen LogP contribution < -0.4 is 4.74 Å². The lowest BCUT2D eigenvalue weighted by atomic mass is 10.0. The number of hydrogen-bond donors (Lipinski definition) is 0. The van der Waals surface area contributed by atoms with Gasteiger partial charge in [-0.25, -0.2) is 0 Å². The number of fused-ring (bicyclic) bond motifs is 1. The van der Waals surface area contributed by atoms with E-state index in [2.05, 4.69) is 42.5 Å². The lowest BCUT2D eigenvalue weighted by Crippen LogP contribution is -2.26. The van der Waals surface area contributed by atoms with Crippen LogP contribution in [0.2, 0.25) is 0 Å². The SMILES string of the molecule is CSOC[C@H]1CCc2ccc(Sc3ccccc3)cc2O1. The van der Waals surface area contributed by atoms with Gasteiger partial charge in [-0.2, -0.15) is 0 Å². The first-order valence-corrected chi connectivity index (χ1v) is 9.00. The van der Waals surface area contributed by atoms with Crippen molar-refractivity contribution in [1.82, 2.24) is 0 Å². The highest BCUT2D eigenvalue weighted by molar-refractivity contribution is 7.99. The first kappa shape index (κ1) is 14.8. The van der Waals surface area contributed by atoms with Crippen molar-refractivity contribution in [2.75, 3.05) is 12.9 Å². The Balaban J connectivity index is 1.72. The highest BCUT2D eigenvalue weighted by Crippen LogP contribution is 2.35. The van der Waals surface area contributed by atoms with Crippen molar-refractivity contribution in [3.63, 3.8) is 0 Å². The van der Waals surface area contributed by atoms with E-state index < -0.39 is 0 Å². The fourth-order valence-electron chi connectivity index (χ4n) is 2.36. The van der Waals surface area contributed by atoms with Gasteiger partial charge >= 0.3 is 0 Å². The summed E-state index contributed by atoms with van der Waals surface area (Å²) in [4.78, 5) is 2.46. The second kappa shape index (κ2) is 7.25. The predicted molar refractivity (Wildman–Crippen MR) is 89.2 cm³/mol. The average molecular weight is 318 g/mol. The van der Waals surface area contributed by atoms with Gasteiger partial charge in [0.25, 0.3) is 0 Å². The molecule has 1 heterocycles. The molecule has 0 fully saturated rings. The van der Waals surface area contributed by atoms with E-state index in [1.54, 1.807) is 11.8 Å². The highest BCUT2D eigenvalue weighted by atomic mass is 32.2. The maximum absolute atomic E-state index is 6.06. The van der Waals surface area contributed by atoms with E-state index in [4.69, 9.17) is 8.92 Å². The molecule has 1 atom stereocenters. The summed E-state index contributed by atoms with van der Waals surface area (Å²) in [5, 5.41) is 0. The van der Waals surface area contributed by atoms with E-state index >= 15 is 0 Å². The van der Waals surface area contributed by atoms with Gasteiger partial charge in [-0.05, 0) is 54.7 Å². The van der Waals surface area contributed by atoms with Crippen LogP contribution in [0.25, 0.3) is 0 Å². The Labute approximate surface area is 134 Å². The molecule has 0 aliphatic carbocycles. The number of aryl methyl sites for hydroxylation is 1. The van der Waals surface area contributed by atoms with E-state index in [1.807, 2.05) is 12.3 Å². The summed E-state index contributed by atoms with van der Waals surface area (Å²) in [6.07, 6.45) is 4.19. The minimum absolute atomic E-state index is 0.168. The van der Waals surface area contributed by atoms with Crippen molar-refractivity contribution in [2.45, 2.75) is 28.7 Å². The third kappa shape index (κ3) is 3.96. The summed E-state index contributed by atoms with van der Waals surface area (Å²) in [5.74, 6) is 1.01. The van der Waals surface area contributed by atoms with Crippen LogP contribution in [0.15, 0.2) is 58.3 Å². The minimum Gasteiger partial charge on any atom is -0.488 e. The van der Waals surface area contributed by atoms with E-state index in [9.17, 15) is 0 Å². The predicted octanol–water partition coefficient (Wildman–Crippen LogP) is 4.83. The van der Waals surface area contributed by atoms with Gasteiger partial charge in [0.15, 0.2) is 0 Å². The van der Waals surface area contributed by atoms with Gasteiger partial charge in [0, 0.05) is 16.0 Å². The van der Waals surface area contributed by atoms with Gasteiger partial charge in [-0.1, -0.05) is 36.0 Å². The summed E-state index contributed by atoms with van der Waals surface area (Å²) >= 11 is 3.16. The average Bonchev–Trinajstić information content (AvgIpc) is 2.53. The van der Waals surface area contributed by atoms with Gasteiger partial charge in [0.05, 0.1) is 6.61 Å². The van der Waals surface area contributed by atoms with Gasteiger partial charge < -0.3 is 8.92 Å². The second-order valence-corrected chi connectivity index (χ2v) is 6.63. The maximum Gasteiger partial charge on any atom is 0.124 e. The summed E-state index contributed by atoms with van der Waals surface area (Å²) < 4.78 is 11.5. The molecule has 0 aromatic heterocycles. The van der Waals surface area contributed by atoms with Gasteiger partial charge in [0.1, 0.15) is 11.9 Å². The molecule has 2 aromatic carbocycles. The summed E-state index contributed by atoms with van der Waals surface area (Å²) in [5.41, 5.74) is 1.30. The van der Waals surface area contributed by atoms with Crippen molar-refractivity contribution in [2.24, 2.45) is 0 Å². The molecular formula is C17H18O2S2. The molecule has 1 aliphatic heterocycles. The Bertz CT molecular complexity index is 587. The number of rotatable bonds is 5. The van der Waals surface area contributed by atoms with Crippen LogP contribution in [-0.2, 0) is 10.6 Å². The maximum atomic E-state index is 6.06. The van der Waals surface area contributed by atoms with Crippen LogP contribution in [0.5, 0.6) is 5.75 Å². The fraction of sp³-hybridized carbons (Fsp3) is 0.294. The largest absolute Gasteiger partial charge is 0.488 e. The lowest BCUT2D eigenvalue weighted by molar-refractivity contribution is 0.120. The van der Waals surface area contributed by atoms with Gasteiger partial charge in [-0.3, -0.25) is 0 Å². The number of hydrogen-bond acceptors (Lipinski definition) is 4. The van der Waals surface area contributed by atoms with Crippen LogP contribution in [0.4, 0.5) is 0 Å². The van der Waals surface area contributed by atoms with E-state index in [1.165, 1.54) is 27.4 Å². The van der Waals surface area contributed by atoms with Crippen molar-refractivity contribution in [3.8, 4) is 5.75 Å². The number of ether oxygens (including phenoxy) is 1. The molecule has 0 amide bonds. The quantitative estimate of drug-likeness (QED) is 0.735. The molecule has 0 N–H and O–H groups in total. The van der Waals surface area contributed by atoms with E-state index in [0.29, 0.717) is 6.61 Å². The summed E-state index contributed by atoms with van der Waals surface area (Å²) in [6, 6.07) is 16.9. The van der Waals surface area contributed by atoms with Crippen LogP contribution in [-0.4, -0.2) is 19.0 Å². The Morgan fingerprint density at radius 3 is 2.81 bits per heavy atom. The third-order valence-electron chi connectivity index (χ3n) is 3.42. The zero-order valence-corrected chi connectivity index (χ0v) is 13.6. The smallest absolute Gasteiger partial charge is 0.124 e. The summed E-state index contributed by atoms with van der Waals surface area (Å²) in [7, 11) is 0. The van der Waals surface area contributed by atoms with Crippen molar-refractivity contribution >= 4 is 23.8 Å². The number of benzene rings is 2. The van der Waals surface area contributed by atoms with Crippen molar-refractivity contribution in [3.05, 3.63) is 54.1 Å². The molecule has 2 nitrogen and oxygen atoms in total. The molecular weight excluding hydrogens is 300 g/mol. The Kier molecular flexibility index (Phi) is 5.12. The molecule has 0 spiro atoms. The van der Waals surface area contributed by atoms with Gasteiger partial charge in [0.2, 0.25) is 0 Å². The van der Waals surface area contributed by atoms with Crippen LogP contribution in [0.3, 0.4) is 0 Å². The second-order valence-electron chi connectivity index (χ2n) is 4.91. The molecule has 110 valence electrons. The van der Waals surface area contributed by atoms with Crippen LogP contribution >= 0.6 is 23.8 Å². The molecule has 0 saturated carbocycles. The lowest BCUT2D eigenvalue weighted by Gasteiger charge is -2.26. The zero-order chi connectivity index (χ0) is 14.5. The van der Waals surface area contributed by atoms with Gasteiger partial charge in [-0.15, -0.1) is 0 Å². The molecule has 0 unspecified atom stereocenters. The monoisotopic (exact) mass is 318 g/mol. The molecule has 0 radical (unpaired) electrons. The van der Waals surface area contributed by atoms with Crippen molar-refractivity contribution in [1.29, 1.82) is 0 Å². The fourth-order valence-corrected chi connectivity index (χ4v) is 3.51. The normalized spacial score (nSPS) is 17.1. The van der Waals surface area contributed by atoms with E-state index in [0.717, 1.165) is 18.6 Å². The molecule has 3 rings (SSSR count). The third-order valence-corrected chi connectivity index (χ3v) is 4.79. The molecule has 4 heteroatoms. The molecule has 1 aliphatic rings. The molecule has 0 bridgehead atoms. The summed E-state index contributed by atoms with van der Waals surface area (Å²) in [6.45, 7) is 0.649. The molecule has 0 saturated heterocycles. The van der Waals surface area contributed by atoms with E-state index in [-0.39, 0.29) is 6.10 Å². The highest BCUT2D eigenvalue weighted by Gasteiger charge is 2.20. The zero-order valence-electron chi connectivity index (χ0n) is 12.0. The van der Waals surface area contributed by atoms with Crippen molar-refractivity contribution < 1.29 is 8.92 Å². The first-order valence-electron chi connectivity index (χ1n) is 7.03. The Morgan fingerprint density at radius 2 is 2.00 bits per heavy atom. The van der Waals surface area contributed by atoms with Crippen LogP contribution in [0.1, 0.15) is 12.0 Å². The Morgan fingerprint density at radius 1 is 1.14 bits per heavy atom. The van der Waals surface area contributed by atoms with Crippen LogP contribution in [0, 0.1) is 0 Å². The first-order chi connectivity index (χ1) is 10.3. The molecule has 21 heavy (non-hydrogen) atoms. The molecule has 2 aromatic rings. The standard InChI is InChI=1S/C17H18O2S2/c1-20-18-12-14-9-7-13-8-10-16(11-17(13)19-14)21-15-5-3-2-4-6-15/h2-6,8,10-11,14H,7,9,12H2,1H3/t14-/m1/s1. The minimum atomic E-state index is 0.168. The topological polar surface area (TPSA) is 18.5 Å². The Hall–Kier alpha value is -1.10.